The molecule has 4 rings (SSSR count). The van der Waals surface area contributed by atoms with Crippen molar-refractivity contribution in [2.24, 2.45) is 0 Å². The molecule has 32 heavy (non-hydrogen) atoms. The van der Waals surface area contributed by atoms with Crippen LogP contribution in [0.15, 0.2) is 88.7 Å². The van der Waals surface area contributed by atoms with E-state index in [4.69, 9.17) is 16.3 Å². The molecule has 0 saturated carbocycles. The fraction of sp³-hybridized carbons (Fsp3) is 0.143. The largest absolute Gasteiger partial charge is 0.496 e. The van der Waals surface area contributed by atoms with Crippen molar-refractivity contribution < 1.29 is 8.95 Å². The van der Waals surface area contributed by atoms with Gasteiger partial charge in [0.1, 0.15) is 5.75 Å². The molecular formula is C28H25ClO2S. The standard InChI is InChI=1S/C28H25ClO2S/c1-18-9-13-21(14-10-18)32(30)26-8-6-5-7-23(26)27-20(3)12-16-25(31-4)28(27)22-15-11-19(2)17-24(22)29/h5-17H,1-4H3/t32-/m0/s1. The van der Waals surface area contributed by atoms with E-state index in [9.17, 15) is 4.21 Å². The van der Waals surface area contributed by atoms with Crippen LogP contribution in [0.2, 0.25) is 5.02 Å². The molecule has 4 heteroatoms. The summed E-state index contributed by atoms with van der Waals surface area (Å²) in [6.45, 7) is 6.11. The van der Waals surface area contributed by atoms with Crippen LogP contribution < -0.4 is 4.74 Å². The quantitative estimate of drug-likeness (QED) is 0.304. The second-order valence-electron chi connectivity index (χ2n) is 7.90. The molecule has 2 nitrogen and oxygen atoms in total. The molecule has 0 saturated heterocycles. The van der Waals surface area contributed by atoms with E-state index in [0.717, 1.165) is 54.5 Å². The Kier molecular flexibility index (Phi) is 6.50. The van der Waals surface area contributed by atoms with Crippen molar-refractivity contribution >= 4 is 22.4 Å². The maximum Gasteiger partial charge on any atom is 0.127 e. The highest BCUT2D eigenvalue weighted by Crippen LogP contribution is 2.45. The Hall–Kier alpha value is -2.88. The summed E-state index contributed by atoms with van der Waals surface area (Å²) in [4.78, 5) is 1.54. The third-order valence-electron chi connectivity index (χ3n) is 5.58. The van der Waals surface area contributed by atoms with Gasteiger partial charge in [-0.2, -0.15) is 0 Å². The van der Waals surface area contributed by atoms with Crippen LogP contribution in [0.3, 0.4) is 0 Å². The van der Waals surface area contributed by atoms with Crippen molar-refractivity contribution in [2.75, 3.05) is 7.11 Å². The Morgan fingerprint density at radius 3 is 2.12 bits per heavy atom. The Balaban J connectivity index is 1.99. The van der Waals surface area contributed by atoms with Gasteiger partial charge >= 0.3 is 0 Å². The Labute approximate surface area is 197 Å². The van der Waals surface area contributed by atoms with Crippen molar-refractivity contribution in [3.63, 3.8) is 0 Å². The summed E-state index contributed by atoms with van der Waals surface area (Å²) < 4.78 is 19.4. The number of benzene rings is 4. The number of ether oxygens (including phenoxy) is 1. The van der Waals surface area contributed by atoms with Crippen LogP contribution in [0.5, 0.6) is 5.75 Å². The third-order valence-corrected chi connectivity index (χ3v) is 7.35. The molecule has 0 amide bonds. The number of hydrogen-bond acceptors (Lipinski definition) is 2. The van der Waals surface area contributed by atoms with E-state index in [1.54, 1.807) is 7.11 Å². The Morgan fingerprint density at radius 2 is 1.44 bits per heavy atom. The van der Waals surface area contributed by atoms with Gasteiger partial charge in [-0.1, -0.05) is 65.7 Å². The third kappa shape index (κ3) is 4.23. The van der Waals surface area contributed by atoms with E-state index in [0.29, 0.717) is 5.02 Å². The molecule has 0 bridgehead atoms. The van der Waals surface area contributed by atoms with E-state index in [2.05, 4.69) is 6.92 Å². The fourth-order valence-corrected chi connectivity index (χ4v) is 5.46. The van der Waals surface area contributed by atoms with E-state index >= 15 is 0 Å². The second-order valence-corrected chi connectivity index (χ2v) is 9.75. The van der Waals surface area contributed by atoms with Crippen LogP contribution in [-0.4, -0.2) is 11.3 Å². The van der Waals surface area contributed by atoms with Crippen molar-refractivity contribution in [1.29, 1.82) is 0 Å². The summed E-state index contributed by atoms with van der Waals surface area (Å²) in [6, 6.07) is 25.7. The summed E-state index contributed by atoms with van der Waals surface area (Å²) in [7, 11) is 0.332. The molecule has 162 valence electrons. The maximum absolute atomic E-state index is 13.6. The number of hydrogen-bond donors (Lipinski definition) is 0. The molecular weight excluding hydrogens is 436 g/mol. The van der Waals surface area contributed by atoms with E-state index in [1.807, 2.05) is 92.7 Å². The van der Waals surface area contributed by atoms with Gasteiger partial charge in [0.15, 0.2) is 0 Å². The van der Waals surface area contributed by atoms with Crippen LogP contribution in [-0.2, 0) is 10.8 Å². The molecule has 0 aromatic heterocycles. The summed E-state index contributed by atoms with van der Waals surface area (Å²) in [5, 5.41) is 0.660. The lowest BCUT2D eigenvalue weighted by Gasteiger charge is -2.20. The first-order valence-corrected chi connectivity index (χ1v) is 12.0. The fourth-order valence-electron chi connectivity index (χ4n) is 3.92. The highest BCUT2D eigenvalue weighted by Gasteiger charge is 2.22. The monoisotopic (exact) mass is 460 g/mol. The topological polar surface area (TPSA) is 26.3 Å². The predicted molar refractivity (Wildman–Crippen MR) is 134 cm³/mol. The molecule has 0 unspecified atom stereocenters. The van der Waals surface area contributed by atoms with Gasteiger partial charge in [0, 0.05) is 21.0 Å². The molecule has 0 fully saturated rings. The van der Waals surface area contributed by atoms with Crippen LogP contribution >= 0.6 is 11.6 Å². The highest BCUT2D eigenvalue weighted by atomic mass is 35.5. The van der Waals surface area contributed by atoms with Gasteiger partial charge in [-0.05, 0) is 73.4 Å². The minimum Gasteiger partial charge on any atom is -0.496 e. The molecule has 4 aromatic carbocycles. The number of aryl methyl sites for hydroxylation is 3. The van der Waals surface area contributed by atoms with E-state index in [-0.39, 0.29) is 0 Å². The minimum absolute atomic E-state index is 0.660. The summed E-state index contributed by atoms with van der Waals surface area (Å²) >= 11 is 6.70. The van der Waals surface area contributed by atoms with Crippen LogP contribution in [0.1, 0.15) is 16.7 Å². The zero-order chi connectivity index (χ0) is 22.8. The maximum atomic E-state index is 13.6. The van der Waals surface area contributed by atoms with Gasteiger partial charge < -0.3 is 4.74 Å². The van der Waals surface area contributed by atoms with Crippen molar-refractivity contribution in [3.05, 3.63) is 101 Å². The average Bonchev–Trinajstić information content (AvgIpc) is 2.79. The van der Waals surface area contributed by atoms with E-state index < -0.39 is 10.8 Å². The lowest BCUT2D eigenvalue weighted by molar-refractivity contribution is 0.416. The lowest BCUT2D eigenvalue weighted by Crippen LogP contribution is -2.00. The second kappa shape index (κ2) is 9.32. The zero-order valence-corrected chi connectivity index (χ0v) is 20.2. The summed E-state index contributed by atoms with van der Waals surface area (Å²) in [5.41, 5.74) is 6.98. The number of halogens is 1. The number of rotatable bonds is 5. The molecule has 0 N–H and O–H groups in total. The SMILES string of the molecule is COc1ccc(C)c(-c2ccccc2[S@@](=O)c2ccc(C)cc2)c1-c1ccc(C)cc1Cl. The van der Waals surface area contributed by atoms with Gasteiger partial charge in [0.05, 0.1) is 22.8 Å². The molecule has 0 aliphatic rings. The Morgan fingerprint density at radius 1 is 0.750 bits per heavy atom. The average molecular weight is 461 g/mol. The molecule has 1 atom stereocenters. The normalized spacial score (nSPS) is 11.9. The minimum atomic E-state index is -1.33. The lowest BCUT2D eigenvalue weighted by atomic mass is 9.89. The first kappa shape index (κ1) is 22.3. The van der Waals surface area contributed by atoms with Crippen LogP contribution in [0.25, 0.3) is 22.3 Å². The van der Waals surface area contributed by atoms with Gasteiger partial charge in [0.2, 0.25) is 0 Å². The van der Waals surface area contributed by atoms with Gasteiger partial charge in [-0.25, -0.2) is 4.21 Å². The summed E-state index contributed by atoms with van der Waals surface area (Å²) in [5.74, 6) is 0.729. The molecule has 4 aromatic rings. The predicted octanol–water partition coefficient (Wildman–Crippen LogP) is 7.77. The van der Waals surface area contributed by atoms with Crippen LogP contribution in [0.4, 0.5) is 0 Å². The zero-order valence-electron chi connectivity index (χ0n) is 18.6. The first-order valence-electron chi connectivity index (χ1n) is 10.4. The highest BCUT2D eigenvalue weighted by molar-refractivity contribution is 7.85. The van der Waals surface area contributed by atoms with Crippen molar-refractivity contribution in [1.82, 2.24) is 0 Å². The summed E-state index contributed by atoms with van der Waals surface area (Å²) in [6.07, 6.45) is 0. The van der Waals surface area contributed by atoms with Gasteiger partial charge in [0.25, 0.3) is 0 Å². The molecule has 0 spiro atoms. The first-order chi connectivity index (χ1) is 15.4. The molecule has 0 aliphatic carbocycles. The van der Waals surface area contributed by atoms with Crippen molar-refractivity contribution in [2.45, 2.75) is 30.6 Å². The van der Waals surface area contributed by atoms with E-state index in [1.165, 1.54) is 0 Å². The van der Waals surface area contributed by atoms with Gasteiger partial charge in [-0.15, -0.1) is 0 Å². The van der Waals surface area contributed by atoms with Gasteiger partial charge in [-0.3, -0.25) is 0 Å². The smallest absolute Gasteiger partial charge is 0.127 e. The molecule has 0 radical (unpaired) electrons. The number of methoxy groups -OCH3 is 1. The Bertz CT molecular complexity index is 1310. The van der Waals surface area contributed by atoms with Crippen LogP contribution in [0, 0.1) is 20.8 Å². The van der Waals surface area contributed by atoms with Crippen molar-refractivity contribution in [3.8, 4) is 28.0 Å². The molecule has 0 heterocycles. The molecule has 0 aliphatic heterocycles.